The van der Waals surface area contributed by atoms with Gasteiger partial charge in [0.15, 0.2) is 6.29 Å². The van der Waals surface area contributed by atoms with Crippen molar-refractivity contribution in [2.24, 2.45) is 0 Å². The van der Waals surface area contributed by atoms with Crippen molar-refractivity contribution in [2.45, 2.75) is 32.7 Å². The van der Waals surface area contributed by atoms with Crippen molar-refractivity contribution < 1.29 is 50.0 Å². The van der Waals surface area contributed by atoms with Gasteiger partial charge in [-0.15, -0.1) is 0 Å². The first-order chi connectivity index (χ1) is 10.7. The van der Waals surface area contributed by atoms with Gasteiger partial charge in [-0.1, -0.05) is 6.92 Å². The maximum absolute atomic E-state index is 11.1. The molecule has 136 valence electrons. The minimum absolute atomic E-state index is 0. The van der Waals surface area contributed by atoms with Gasteiger partial charge in [0.2, 0.25) is 0 Å². The van der Waals surface area contributed by atoms with Gasteiger partial charge in [-0.2, -0.15) is 0 Å². The summed E-state index contributed by atoms with van der Waals surface area (Å²) in [7, 11) is 1.59. The molecule has 7 nitrogen and oxygen atoms in total. The normalized spacial score (nSPS) is 16.8. The molecule has 0 radical (unpaired) electrons. The molecule has 1 rings (SSSR count). The molecule has 0 bridgehead atoms. The number of hydrogen-bond acceptors (Lipinski definition) is 4. The van der Waals surface area contributed by atoms with Crippen molar-refractivity contribution in [1.29, 1.82) is 0 Å². The summed E-state index contributed by atoms with van der Waals surface area (Å²) in [5.41, 5.74) is 0.961. The van der Waals surface area contributed by atoms with Crippen LogP contribution in [0, 0.1) is 27.4 Å². The van der Waals surface area contributed by atoms with Crippen molar-refractivity contribution in [3.8, 4) is 0 Å². The fourth-order valence-corrected chi connectivity index (χ4v) is 1.52. The van der Waals surface area contributed by atoms with E-state index in [-0.39, 0.29) is 42.9 Å². The van der Waals surface area contributed by atoms with E-state index in [1.165, 1.54) is 6.08 Å². The average Bonchev–Trinajstić information content (AvgIpc) is 3.01. The van der Waals surface area contributed by atoms with Crippen molar-refractivity contribution in [3.05, 3.63) is 51.2 Å². The molecule has 1 aliphatic rings. The van der Waals surface area contributed by atoms with E-state index in [0.717, 1.165) is 12.0 Å². The summed E-state index contributed by atoms with van der Waals surface area (Å²) in [6.45, 7) is 17.7. The molecule has 0 amide bonds. The fraction of sp³-hybridized carbons (Fsp3) is 0.438. The molecular weight excluding hydrogens is 360 g/mol. The van der Waals surface area contributed by atoms with Crippen LogP contribution in [0.15, 0.2) is 23.8 Å². The predicted molar refractivity (Wildman–Crippen MR) is 78.0 cm³/mol. The van der Waals surface area contributed by atoms with E-state index in [0.29, 0.717) is 6.61 Å². The Morgan fingerprint density at radius 1 is 1.25 bits per heavy atom. The third-order valence-corrected chi connectivity index (χ3v) is 2.30. The molecule has 0 aromatic rings. The summed E-state index contributed by atoms with van der Waals surface area (Å²) in [6.07, 6.45) is 5.54. The third kappa shape index (κ3) is 15.5. The monoisotopic (exact) mass is 381 g/mol. The zero-order chi connectivity index (χ0) is 18.0. The van der Waals surface area contributed by atoms with Gasteiger partial charge >= 0.3 is 39.9 Å². The van der Waals surface area contributed by atoms with Gasteiger partial charge in [0, 0.05) is 30.3 Å². The van der Waals surface area contributed by atoms with E-state index < -0.39 is 0 Å². The Labute approximate surface area is 154 Å². The molecule has 0 fully saturated rings. The Kier molecular flexibility index (Phi) is 37.6. The van der Waals surface area contributed by atoms with E-state index in [4.69, 9.17) is 28.2 Å². The van der Waals surface area contributed by atoms with Crippen LogP contribution in [-0.2, 0) is 50.0 Å². The summed E-state index contributed by atoms with van der Waals surface area (Å²) in [5.74, 6) is -0.334. The first-order valence-corrected chi connectivity index (χ1v) is 6.07. The average molecular weight is 381 g/mol. The van der Waals surface area contributed by atoms with Gasteiger partial charge in [-0.05, 0) is 31.1 Å². The molecule has 1 aliphatic heterocycles. The smallest absolute Gasteiger partial charge is 0 e. The molecule has 0 aliphatic carbocycles. The second-order valence-electron chi connectivity index (χ2n) is 3.39. The van der Waals surface area contributed by atoms with Crippen LogP contribution < -0.4 is 0 Å². The van der Waals surface area contributed by atoms with Gasteiger partial charge in [-0.25, -0.2) is 4.79 Å². The Bertz CT molecular complexity index is 396. The van der Waals surface area contributed by atoms with E-state index >= 15 is 0 Å². The predicted octanol–water partition coefficient (Wildman–Crippen LogP) is 2.15. The SMILES string of the molecule is CCOC(=O)/C=C/C1=C[C@H](OC)O[C@@H]1CC.[C-]#[O+].[C-]#[O+].[C-]#[O+].[CH3-].[Fe]. The summed E-state index contributed by atoms with van der Waals surface area (Å²) in [6, 6.07) is 0. The molecule has 0 spiro atoms. The minimum atomic E-state index is -0.334. The third-order valence-electron chi connectivity index (χ3n) is 2.30. The number of carbonyl (C=O) groups excluding carboxylic acids is 1. The van der Waals surface area contributed by atoms with Gasteiger partial charge < -0.3 is 21.6 Å². The van der Waals surface area contributed by atoms with Crippen molar-refractivity contribution in [3.63, 3.8) is 0 Å². The topological polar surface area (TPSA) is 104 Å². The first-order valence-electron chi connectivity index (χ1n) is 6.07. The largest absolute Gasteiger partial charge is 0.358 e. The number of rotatable bonds is 5. The zero-order valence-electron chi connectivity index (χ0n) is 14.0. The molecule has 0 unspecified atom stereocenters. The first kappa shape index (κ1) is 34.0. The Morgan fingerprint density at radius 2 is 1.75 bits per heavy atom. The Balaban J connectivity index is -0.000000135. The van der Waals surface area contributed by atoms with Crippen LogP contribution in [0.4, 0.5) is 0 Å². The van der Waals surface area contributed by atoms with E-state index in [1.54, 1.807) is 20.1 Å². The molecule has 0 saturated carbocycles. The number of ether oxygens (including phenoxy) is 3. The maximum Gasteiger partial charge on any atom is 0 e. The number of hydrogen-bond donors (Lipinski definition) is 0. The van der Waals surface area contributed by atoms with Gasteiger partial charge in [0.05, 0.1) is 12.7 Å². The molecule has 1 heterocycles. The van der Waals surface area contributed by atoms with E-state index in [9.17, 15) is 4.79 Å². The Hall–Kier alpha value is -1.39. The summed E-state index contributed by atoms with van der Waals surface area (Å²) >= 11 is 0. The molecule has 8 heteroatoms. The molecular formula is C16H21FeO7-. The van der Waals surface area contributed by atoms with Crippen molar-refractivity contribution in [1.82, 2.24) is 0 Å². The zero-order valence-corrected chi connectivity index (χ0v) is 15.1. The summed E-state index contributed by atoms with van der Waals surface area (Å²) in [4.78, 5) is 11.1. The van der Waals surface area contributed by atoms with Crippen LogP contribution in [0.25, 0.3) is 0 Å². The Morgan fingerprint density at radius 3 is 2.12 bits per heavy atom. The van der Waals surface area contributed by atoms with Crippen LogP contribution >= 0.6 is 0 Å². The molecule has 0 aromatic heterocycles. The second kappa shape index (κ2) is 26.5. The van der Waals surface area contributed by atoms with Crippen molar-refractivity contribution >= 4 is 5.97 Å². The number of carbonyl (C=O) groups is 1. The van der Waals surface area contributed by atoms with E-state index in [2.05, 4.69) is 20.0 Å². The van der Waals surface area contributed by atoms with Crippen molar-refractivity contribution in [2.75, 3.05) is 13.7 Å². The second-order valence-corrected chi connectivity index (χ2v) is 3.39. The van der Waals surface area contributed by atoms with Gasteiger partial charge in [-0.3, -0.25) is 0 Å². The molecule has 24 heavy (non-hydrogen) atoms. The standard InChI is InChI=1S/C12H18O4.3CO.CH3.Fe/c1-4-10-9(8-12(14-3)16-10)6-7-11(13)15-5-2;3*1-2;;/h6-8,10,12H,4-5H2,1-3H3;;;;1H3;/q;;;;-1;/b7-6+;;;;;/t10-,12-;;;;;/m1...../s1. The molecule has 0 aromatic carbocycles. The van der Waals surface area contributed by atoms with Gasteiger partial charge in [0.1, 0.15) is 0 Å². The van der Waals surface area contributed by atoms with Crippen LogP contribution in [0.2, 0.25) is 0 Å². The minimum Gasteiger partial charge on any atom is -0.358 e. The van der Waals surface area contributed by atoms with Crippen LogP contribution in [0.5, 0.6) is 0 Å². The number of methoxy groups -OCH3 is 1. The van der Waals surface area contributed by atoms with Crippen LogP contribution in [-0.4, -0.2) is 32.1 Å². The fourth-order valence-electron chi connectivity index (χ4n) is 1.52. The number of esters is 1. The maximum atomic E-state index is 11.1. The molecule has 0 N–H and O–H groups in total. The van der Waals surface area contributed by atoms with Crippen LogP contribution in [0.3, 0.4) is 0 Å². The van der Waals surface area contributed by atoms with Gasteiger partial charge in [0.25, 0.3) is 0 Å². The summed E-state index contributed by atoms with van der Waals surface area (Å²) < 4.78 is 37.9. The van der Waals surface area contributed by atoms with E-state index in [1.807, 2.05) is 13.0 Å². The molecule has 2 atom stereocenters. The summed E-state index contributed by atoms with van der Waals surface area (Å²) in [5, 5.41) is 0. The van der Waals surface area contributed by atoms with Crippen LogP contribution in [0.1, 0.15) is 20.3 Å². The quantitative estimate of drug-likeness (QED) is 0.239. The molecule has 0 saturated heterocycles.